The van der Waals surface area contributed by atoms with Crippen molar-refractivity contribution in [2.24, 2.45) is 5.41 Å². The summed E-state index contributed by atoms with van der Waals surface area (Å²) in [7, 11) is 0. The minimum absolute atomic E-state index is 0.346. The van der Waals surface area contributed by atoms with Gasteiger partial charge in [-0.25, -0.2) is 0 Å². The van der Waals surface area contributed by atoms with E-state index < -0.39 is 0 Å². The van der Waals surface area contributed by atoms with Crippen molar-refractivity contribution in [3.8, 4) is 0 Å². The van der Waals surface area contributed by atoms with Gasteiger partial charge in [0.05, 0.1) is 11.4 Å². The molecule has 0 aromatic carbocycles. The van der Waals surface area contributed by atoms with Crippen molar-refractivity contribution in [2.45, 2.75) is 53.0 Å². The number of aromatic nitrogens is 1. The van der Waals surface area contributed by atoms with Crippen LogP contribution in [0.2, 0.25) is 0 Å². The van der Waals surface area contributed by atoms with Gasteiger partial charge in [0, 0.05) is 19.3 Å². The Labute approximate surface area is 111 Å². The number of hydrogen-bond acceptors (Lipinski definition) is 3. The van der Waals surface area contributed by atoms with Crippen molar-refractivity contribution in [3.05, 3.63) is 24.0 Å². The molecule has 1 aromatic heterocycles. The van der Waals surface area contributed by atoms with E-state index >= 15 is 0 Å². The molecule has 0 atom stereocenters. The number of nitrogens with zero attached hydrogens (tertiary/aromatic N) is 1. The van der Waals surface area contributed by atoms with Crippen molar-refractivity contribution < 1.29 is 0 Å². The van der Waals surface area contributed by atoms with Crippen molar-refractivity contribution in [1.82, 2.24) is 10.3 Å². The summed E-state index contributed by atoms with van der Waals surface area (Å²) in [6, 6.07) is 3.77. The molecule has 0 unspecified atom stereocenters. The van der Waals surface area contributed by atoms with Crippen LogP contribution in [0.25, 0.3) is 0 Å². The highest BCUT2D eigenvalue weighted by Gasteiger charge is 2.16. The summed E-state index contributed by atoms with van der Waals surface area (Å²) in [6.07, 6.45) is 6.99. The Balaban J connectivity index is 2.30. The van der Waals surface area contributed by atoms with Crippen LogP contribution in [0.3, 0.4) is 0 Å². The Bertz CT molecular complexity index is 347. The van der Waals surface area contributed by atoms with Gasteiger partial charge in [0.25, 0.3) is 0 Å². The largest absolute Gasteiger partial charge is 0.397 e. The highest BCUT2D eigenvalue weighted by molar-refractivity contribution is 5.41. The maximum Gasteiger partial charge on any atom is 0.0770 e. The quantitative estimate of drug-likeness (QED) is 0.695. The zero-order chi connectivity index (χ0) is 13.4. The molecule has 0 bridgehead atoms. The molecule has 1 aromatic rings. The van der Waals surface area contributed by atoms with E-state index in [9.17, 15) is 0 Å². The average Bonchev–Trinajstić information content (AvgIpc) is 2.32. The first-order valence-electron chi connectivity index (χ1n) is 6.95. The van der Waals surface area contributed by atoms with Crippen molar-refractivity contribution in [3.63, 3.8) is 0 Å². The third kappa shape index (κ3) is 5.50. The van der Waals surface area contributed by atoms with Crippen LogP contribution < -0.4 is 11.1 Å². The van der Waals surface area contributed by atoms with Gasteiger partial charge >= 0.3 is 0 Å². The van der Waals surface area contributed by atoms with Gasteiger partial charge in [-0.2, -0.15) is 0 Å². The second kappa shape index (κ2) is 7.37. The lowest BCUT2D eigenvalue weighted by molar-refractivity contribution is 0.301. The molecule has 3 N–H and O–H groups in total. The van der Waals surface area contributed by atoms with E-state index in [0.717, 1.165) is 24.5 Å². The highest BCUT2D eigenvalue weighted by atomic mass is 14.9. The molecular formula is C15H27N3. The minimum Gasteiger partial charge on any atom is -0.397 e. The van der Waals surface area contributed by atoms with Crippen LogP contribution in [-0.4, -0.2) is 11.5 Å². The van der Waals surface area contributed by atoms with Crippen LogP contribution >= 0.6 is 0 Å². The van der Waals surface area contributed by atoms with Gasteiger partial charge in [-0.05, 0) is 24.0 Å². The topological polar surface area (TPSA) is 50.9 Å². The predicted molar refractivity (Wildman–Crippen MR) is 78.3 cm³/mol. The van der Waals surface area contributed by atoms with Crippen molar-refractivity contribution in [2.75, 3.05) is 12.3 Å². The standard InChI is InChI=1S/C15H27N3/c1-4-5-6-9-15(2,3)12-17-11-14-13(16)8-7-10-18-14/h7-8,10,17H,4-6,9,11-12,16H2,1-3H3. The summed E-state index contributed by atoms with van der Waals surface area (Å²) in [4.78, 5) is 4.29. The van der Waals surface area contributed by atoms with Gasteiger partial charge in [-0.1, -0.05) is 40.0 Å². The van der Waals surface area contributed by atoms with Crippen LogP contribution in [0, 0.1) is 5.41 Å². The number of pyridine rings is 1. The van der Waals surface area contributed by atoms with E-state index in [1.165, 1.54) is 25.7 Å². The molecule has 0 aliphatic rings. The molecule has 1 heterocycles. The molecular weight excluding hydrogens is 222 g/mol. The lowest BCUT2D eigenvalue weighted by Gasteiger charge is -2.25. The second-order valence-electron chi connectivity index (χ2n) is 5.76. The number of anilines is 1. The molecule has 0 saturated carbocycles. The molecule has 0 aliphatic heterocycles. The maximum absolute atomic E-state index is 5.87. The van der Waals surface area contributed by atoms with Crippen LogP contribution in [0.5, 0.6) is 0 Å². The summed E-state index contributed by atoms with van der Waals surface area (Å²) in [6.45, 7) is 8.64. The van der Waals surface area contributed by atoms with E-state index in [2.05, 4.69) is 31.1 Å². The molecule has 0 amide bonds. The third-order valence-electron chi connectivity index (χ3n) is 3.28. The van der Waals surface area contributed by atoms with E-state index in [4.69, 9.17) is 5.73 Å². The Morgan fingerprint density at radius 1 is 1.33 bits per heavy atom. The number of nitrogens with two attached hydrogens (primary N) is 1. The molecule has 3 nitrogen and oxygen atoms in total. The maximum atomic E-state index is 5.87. The lowest BCUT2D eigenvalue weighted by atomic mass is 9.87. The number of rotatable bonds is 8. The molecule has 0 saturated heterocycles. The summed E-state index contributed by atoms with van der Waals surface area (Å²) in [5.74, 6) is 0. The second-order valence-corrected chi connectivity index (χ2v) is 5.76. The molecule has 0 radical (unpaired) electrons. The number of nitrogen functional groups attached to an aromatic ring is 1. The SMILES string of the molecule is CCCCCC(C)(C)CNCc1ncccc1N. The Kier molecular flexibility index (Phi) is 6.13. The minimum atomic E-state index is 0.346. The molecule has 102 valence electrons. The fraction of sp³-hybridized carbons (Fsp3) is 0.667. The monoisotopic (exact) mass is 249 g/mol. The van der Waals surface area contributed by atoms with Crippen LogP contribution in [0.4, 0.5) is 5.69 Å². The summed E-state index contributed by atoms with van der Waals surface area (Å²) in [5, 5.41) is 3.47. The molecule has 3 heteroatoms. The van der Waals surface area contributed by atoms with Crippen molar-refractivity contribution >= 4 is 5.69 Å². The smallest absolute Gasteiger partial charge is 0.0770 e. The fourth-order valence-corrected chi connectivity index (χ4v) is 2.06. The van der Waals surface area contributed by atoms with E-state index in [-0.39, 0.29) is 0 Å². The summed E-state index contributed by atoms with van der Waals surface area (Å²) in [5.41, 5.74) is 7.93. The Morgan fingerprint density at radius 3 is 2.78 bits per heavy atom. The van der Waals surface area contributed by atoms with Gasteiger partial charge in [-0.3, -0.25) is 4.98 Å². The molecule has 0 fully saturated rings. The van der Waals surface area contributed by atoms with Crippen LogP contribution in [0.15, 0.2) is 18.3 Å². The molecule has 0 spiro atoms. The normalized spacial score (nSPS) is 11.7. The summed E-state index contributed by atoms with van der Waals surface area (Å²) < 4.78 is 0. The first-order chi connectivity index (χ1) is 8.55. The van der Waals surface area contributed by atoms with Gasteiger partial charge in [-0.15, -0.1) is 0 Å². The lowest BCUT2D eigenvalue weighted by Crippen LogP contribution is -2.29. The average molecular weight is 249 g/mol. The van der Waals surface area contributed by atoms with E-state index in [1.54, 1.807) is 6.20 Å². The first-order valence-corrected chi connectivity index (χ1v) is 6.95. The number of nitrogens with one attached hydrogen (secondary N) is 1. The van der Waals surface area contributed by atoms with E-state index in [0.29, 0.717) is 5.41 Å². The van der Waals surface area contributed by atoms with Gasteiger partial charge < -0.3 is 11.1 Å². The van der Waals surface area contributed by atoms with Gasteiger partial charge in [0.15, 0.2) is 0 Å². The highest BCUT2D eigenvalue weighted by Crippen LogP contribution is 2.22. The zero-order valence-corrected chi connectivity index (χ0v) is 12.0. The zero-order valence-electron chi connectivity index (χ0n) is 12.0. The number of hydrogen-bond donors (Lipinski definition) is 2. The van der Waals surface area contributed by atoms with Gasteiger partial charge in [0.2, 0.25) is 0 Å². The predicted octanol–water partition coefficient (Wildman–Crippen LogP) is 3.36. The number of unbranched alkanes of at least 4 members (excludes halogenated alkanes) is 2. The Morgan fingerprint density at radius 2 is 2.11 bits per heavy atom. The van der Waals surface area contributed by atoms with Crippen LogP contribution in [-0.2, 0) is 6.54 Å². The van der Waals surface area contributed by atoms with Gasteiger partial charge in [0.1, 0.15) is 0 Å². The first kappa shape index (κ1) is 15.0. The van der Waals surface area contributed by atoms with E-state index in [1.807, 2.05) is 12.1 Å². The fourth-order valence-electron chi connectivity index (χ4n) is 2.06. The van der Waals surface area contributed by atoms with Crippen LogP contribution in [0.1, 0.15) is 52.1 Å². The third-order valence-corrected chi connectivity index (χ3v) is 3.28. The summed E-state index contributed by atoms with van der Waals surface area (Å²) >= 11 is 0. The Hall–Kier alpha value is -1.09. The molecule has 0 aliphatic carbocycles. The molecule has 18 heavy (non-hydrogen) atoms. The van der Waals surface area contributed by atoms with Crippen molar-refractivity contribution in [1.29, 1.82) is 0 Å². The molecule has 1 rings (SSSR count).